The van der Waals surface area contributed by atoms with Crippen molar-refractivity contribution in [3.8, 4) is 0 Å². The Balaban J connectivity index is 0.00000144. The van der Waals surface area contributed by atoms with Crippen LogP contribution in [0.25, 0.3) is 0 Å². The second-order valence-electron chi connectivity index (χ2n) is 3.17. The molecule has 2 atom stereocenters. The average molecular weight is 311 g/mol. The molecule has 13 heavy (non-hydrogen) atoms. The normalized spacial score (nSPS) is 27.4. The van der Waals surface area contributed by atoms with Gasteiger partial charge in [-0.1, -0.05) is 12.8 Å². The van der Waals surface area contributed by atoms with Crippen LogP contribution in [0.15, 0.2) is 0 Å². The standard InChI is InChI=1S/C8H12O4.La/c9-7(10)5-3-1-2-4-6(5)8(11)12;/h5-6H,1-4H2,(H,9,10)(H,11,12);. The molecular formula is C8H12LaO4. The molecular weight excluding hydrogens is 299 g/mol. The van der Waals surface area contributed by atoms with Crippen LogP contribution in [0.1, 0.15) is 25.7 Å². The zero-order chi connectivity index (χ0) is 9.14. The number of carboxylic acid groups (broad SMARTS) is 2. The fourth-order valence-corrected chi connectivity index (χ4v) is 1.72. The number of carbonyl (C=O) groups is 2. The number of hydrogen-bond donors (Lipinski definition) is 2. The molecule has 1 fully saturated rings. The molecule has 0 aliphatic heterocycles. The van der Waals surface area contributed by atoms with Crippen molar-refractivity contribution in [1.29, 1.82) is 0 Å². The molecule has 5 heteroatoms. The Hall–Kier alpha value is 0.135. The van der Waals surface area contributed by atoms with Crippen LogP contribution in [0.3, 0.4) is 0 Å². The Morgan fingerprint density at radius 2 is 1.23 bits per heavy atom. The molecule has 0 saturated heterocycles. The van der Waals surface area contributed by atoms with Crippen LogP contribution in [-0.4, -0.2) is 22.2 Å². The summed E-state index contributed by atoms with van der Waals surface area (Å²) in [5.41, 5.74) is 0. The van der Waals surface area contributed by atoms with Gasteiger partial charge < -0.3 is 10.2 Å². The molecule has 0 aromatic rings. The van der Waals surface area contributed by atoms with Gasteiger partial charge in [-0.15, -0.1) is 0 Å². The van der Waals surface area contributed by atoms with E-state index in [-0.39, 0.29) is 35.6 Å². The third-order valence-electron chi connectivity index (χ3n) is 2.40. The number of rotatable bonds is 2. The molecule has 1 rings (SSSR count). The van der Waals surface area contributed by atoms with Gasteiger partial charge in [0.2, 0.25) is 0 Å². The zero-order valence-corrected chi connectivity index (χ0v) is 10.9. The zero-order valence-electron chi connectivity index (χ0n) is 7.27. The summed E-state index contributed by atoms with van der Waals surface area (Å²) >= 11 is 0. The van der Waals surface area contributed by atoms with Gasteiger partial charge in [-0.25, -0.2) is 0 Å². The van der Waals surface area contributed by atoms with Crippen molar-refractivity contribution in [2.24, 2.45) is 11.8 Å². The van der Waals surface area contributed by atoms with Crippen LogP contribution >= 0.6 is 0 Å². The summed E-state index contributed by atoms with van der Waals surface area (Å²) in [5, 5.41) is 17.4. The van der Waals surface area contributed by atoms with Gasteiger partial charge in [0.25, 0.3) is 0 Å². The Morgan fingerprint density at radius 3 is 1.46 bits per heavy atom. The first-order valence-corrected chi connectivity index (χ1v) is 4.08. The van der Waals surface area contributed by atoms with Gasteiger partial charge in [0.1, 0.15) is 0 Å². The van der Waals surface area contributed by atoms with E-state index in [2.05, 4.69) is 0 Å². The summed E-state index contributed by atoms with van der Waals surface area (Å²) in [4.78, 5) is 21.2. The van der Waals surface area contributed by atoms with E-state index in [4.69, 9.17) is 10.2 Å². The van der Waals surface area contributed by atoms with Crippen molar-refractivity contribution in [2.45, 2.75) is 25.7 Å². The summed E-state index contributed by atoms with van der Waals surface area (Å²) in [5.74, 6) is -3.28. The van der Waals surface area contributed by atoms with Crippen LogP contribution in [-0.2, 0) is 9.59 Å². The van der Waals surface area contributed by atoms with Crippen molar-refractivity contribution < 1.29 is 55.4 Å². The van der Waals surface area contributed by atoms with Gasteiger partial charge in [0, 0.05) is 35.6 Å². The molecule has 0 aromatic carbocycles. The number of aliphatic carboxylic acids is 2. The van der Waals surface area contributed by atoms with Gasteiger partial charge in [-0.2, -0.15) is 0 Å². The molecule has 4 nitrogen and oxygen atoms in total. The minimum Gasteiger partial charge on any atom is -0.481 e. The van der Waals surface area contributed by atoms with Crippen LogP contribution in [0.2, 0.25) is 0 Å². The molecule has 1 saturated carbocycles. The molecule has 71 valence electrons. The minimum absolute atomic E-state index is 0. The third kappa shape index (κ3) is 3.40. The van der Waals surface area contributed by atoms with E-state index in [1.54, 1.807) is 0 Å². The summed E-state index contributed by atoms with van der Waals surface area (Å²) in [7, 11) is 0. The van der Waals surface area contributed by atoms with Crippen LogP contribution in [0.5, 0.6) is 0 Å². The third-order valence-corrected chi connectivity index (χ3v) is 2.40. The quantitative estimate of drug-likeness (QED) is 0.797. The molecule has 0 bridgehead atoms. The Kier molecular flexibility index (Phi) is 5.84. The van der Waals surface area contributed by atoms with Gasteiger partial charge >= 0.3 is 11.9 Å². The van der Waals surface area contributed by atoms with Crippen LogP contribution in [0.4, 0.5) is 0 Å². The second-order valence-corrected chi connectivity index (χ2v) is 3.17. The van der Waals surface area contributed by atoms with Gasteiger partial charge in [-0.05, 0) is 12.8 Å². The minimum atomic E-state index is -0.970. The van der Waals surface area contributed by atoms with E-state index in [1.165, 1.54) is 0 Å². The average Bonchev–Trinajstić information content (AvgIpc) is 2.04. The number of carboxylic acids is 2. The maximum atomic E-state index is 10.6. The molecule has 1 aliphatic rings. The van der Waals surface area contributed by atoms with E-state index in [0.29, 0.717) is 12.8 Å². The molecule has 0 heterocycles. The van der Waals surface area contributed by atoms with Gasteiger partial charge in [0.05, 0.1) is 11.8 Å². The van der Waals surface area contributed by atoms with Crippen LogP contribution < -0.4 is 0 Å². The predicted octanol–water partition coefficient (Wildman–Crippen LogP) is 0.962. The van der Waals surface area contributed by atoms with Crippen molar-refractivity contribution >= 4 is 11.9 Å². The molecule has 1 radical (unpaired) electrons. The Bertz CT molecular complexity index is 182. The Labute approximate surface area is 104 Å². The maximum Gasteiger partial charge on any atom is 0.307 e. The van der Waals surface area contributed by atoms with Crippen molar-refractivity contribution in [1.82, 2.24) is 0 Å². The smallest absolute Gasteiger partial charge is 0.307 e. The maximum absolute atomic E-state index is 10.6. The van der Waals surface area contributed by atoms with E-state index in [0.717, 1.165) is 12.8 Å². The molecule has 0 aromatic heterocycles. The topological polar surface area (TPSA) is 74.6 Å². The molecule has 0 spiro atoms. The monoisotopic (exact) mass is 311 g/mol. The second kappa shape index (κ2) is 5.78. The SMILES string of the molecule is O=C(O)C1CCCCC1C(=O)O.[La]. The fourth-order valence-electron chi connectivity index (χ4n) is 1.72. The van der Waals surface area contributed by atoms with Gasteiger partial charge in [0.15, 0.2) is 0 Å². The molecule has 1 aliphatic carbocycles. The molecule has 0 amide bonds. The Morgan fingerprint density at radius 1 is 0.923 bits per heavy atom. The van der Waals surface area contributed by atoms with E-state index in [9.17, 15) is 9.59 Å². The summed E-state index contributed by atoms with van der Waals surface area (Å²) in [6.07, 6.45) is 2.68. The molecule has 2 unspecified atom stereocenters. The van der Waals surface area contributed by atoms with E-state index >= 15 is 0 Å². The first-order chi connectivity index (χ1) is 5.63. The van der Waals surface area contributed by atoms with E-state index < -0.39 is 23.8 Å². The van der Waals surface area contributed by atoms with E-state index in [1.807, 2.05) is 0 Å². The van der Waals surface area contributed by atoms with Crippen LogP contribution in [0, 0.1) is 47.4 Å². The fraction of sp³-hybridized carbons (Fsp3) is 0.750. The van der Waals surface area contributed by atoms with Crippen molar-refractivity contribution in [2.75, 3.05) is 0 Å². The first kappa shape index (κ1) is 13.1. The molecule has 2 N–H and O–H groups in total. The van der Waals surface area contributed by atoms with Gasteiger partial charge in [-0.3, -0.25) is 9.59 Å². The van der Waals surface area contributed by atoms with Crippen molar-refractivity contribution in [3.05, 3.63) is 0 Å². The largest absolute Gasteiger partial charge is 0.481 e. The predicted molar refractivity (Wildman–Crippen MR) is 40.7 cm³/mol. The summed E-state index contributed by atoms with van der Waals surface area (Å²) < 4.78 is 0. The summed E-state index contributed by atoms with van der Waals surface area (Å²) in [6.45, 7) is 0. The summed E-state index contributed by atoms with van der Waals surface area (Å²) in [6, 6.07) is 0. The number of hydrogen-bond acceptors (Lipinski definition) is 2. The first-order valence-electron chi connectivity index (χ1n) is 4.08. The van der Waals surface area contributed by atoms with Crippen molar-refractivity contribution in [3.63, 3.8) is 0 Å².